The molecule has 10 aromatic rings. The molecule has 0 amide bonds. The summed E-state index contributed by atoms with van der Waals surface area (Å²) in [4.78, 5) is 4.00. The molecule has 7 aromatic carbocycles. The topological polar surface area (TPSA) is 21.3 Å². The van der Waals surface area contributed by atoms with E-state index in [1.54, 1.807) is 0 Å². The average molecular weight is 781 g/mol. The number of para-hydroxylation sites is 2. The van der Waals surface area contributed by atoms with Crippen LogP contribution in [-0.2, 0) is 23.8 Å². The first-order valence-corrected chi connectivity index (χ1v) is 21.9. The number of benzene rings is 7. The van der Waals surface area contributed by atoms with Gasteiger partial charge in [0.1, 0.15) is 11.2 Å². The van der Waals surface area contributed by atoms with Gasteiger partial charge in [-0.2, -0.15) is 0 Å². The Hall–Kier alpha value is -6.04. The van der Waals surface area contributed by atoms with Gasteiger partial charge in [0.05, 0.1) is 4.83 Å². The Labute approximate surface area is 349 Å². The molecule has 0 fully saturated rings. The van der Waals surface area contributed by atoms with E-state index in [2.05, 4.69) is 190 Å². The van der Waals surface area contributed by atoms with Crippen LogP contribution in [0.2, 0.25) is 0 Å². The van der Waals surface area contributed by atoms with E-state index in [9.17, 15) is 0 Å². The molecule has 0 saturated carbocycles. The molecule has 3 aromatic heterocycles. The van der Waals surface area contributed by atoms with Crippen LogP contribution in [0.15, 0.2) is 144 Å². The largest absolute Gasteiger partial charge is 0.456 e. The molecule has 286 valence electrons. The van der Waals surface area contributed by atoms with Crippen molar-refractivity contribution in [2.75, 3.05) is 4.90 Å². The second kappa shape index (κ2) is 12.3. The molecule has 0 spiro atoms. The molecule has 0 saturated heterocycles. The fourth-order valence-corrected chi connectivity index (χ4v) is 11.6. The van der Waals surface area contributed by atoms with Gasteiger partial charge in [-0.05, 0) is 97.5 Å². The summed E-state index contributed by atoms with van der Waals surface area (Å²) in [6, 6.07) is 52.5. The smallest absolute Gasteiger partial charge is 0.334 e. The van der Waals surface area contributed by atoms with E-state index in [0.29, 0.717) is 0 Å². The Kier molecular flexibility index (Phi) is 7.26. The van der Waals surface area contributed by atoms with E-state index in [-0.39, 0.29) is 17.7 Å². The summed E-state index contributed by atoms with van der Waals surface area (Å²) in [6.07, 6.45) is 0.871. The predicted octanol–water partition coefficient (Wildman–Crippen LogP) is 13.4. The monoisotopic (exact) mass is 780 g/mol. The molecule has 59 heavy (non-hydrogen) atoms. The first-order chi connectivity index (χ1) is 28.5. The zero-order chi connectivity index (χ0) is 39.9. The molecule has 12 rings (SSSR count). The van der Waals surface area contributed by atoms with Crippen molar-refractivity contribution < 1.29 is 4.42 Å². The Balaban J connectivity index is 1.22. The van der Waals surface area contributed by atoms with Gasteiger partial charge in [0.15, 0.2) is 0 Å². The molecule has 0 aliphatic carbocycles. The van der Waals surface area contributed by atoms with Crippen LogP contribution in [0.5, 0.6) is 0 Å². The van der Waals surface area contributed by atoms with Crippen molar-refractivity contribution in [2.24, 2.45) is 0 Å². The summed E-state index contributed by atoms with van der Waals surface area (Å²) in [5, 5.41) is 6.45. The van der Waals surface area contributed by atoms with Crippen molar-refractivity contribution >= 4 is 93.6 Å². The number of aromatic nitrogens is 1. The summed E-state index contributed by atoms with van der Waals surface area (Å²) in [5.41, 5.74) is 17.8. The molecule has 0 atom stereocenters. The predicted molar refractivity (Wildman–Crippen MR) is 253 cm³/mol. The zero-order valence-electron chi connectivity index (χ0n) is 34.5. The minimum atomic E-state index is -0.0708. The first kappa shape index (κ1) is 35.0. The highest BCUT2D eigenvalue weighted by molar-refractivity contribution is 7.26. The number of furan rings is 1. The van der Waals surface area contributed by atoms with Crippen molar-refractivity contribution in [1.29, 1.82) is 0 Å². The van der Waals surface area contributed by atoms with Crippen molar-refractivity contribution in [3.63, 3.8) is 0 Å². The van der Waals surface area contributed by atoms with Crippen molar-refractivity contribution in [2.45, 2.75) is 65.3 Å². The van der Waals surface area contributed by atoms with Gasteiger partial charge in [-0.25, -0.2) is 0 Å². The second-order valence-electron chi connectivity index (χ2n) is 18.9. The Morgan fingerprint density at radius 2 is 1.34 bits per heavy atom. The third-order valence-corrected chi connectivity index (χ3v) is 14.4. The number of hydrogen-bond donors (Lipinski definition) is 0. The van der Waals surface area contributed by atoms with Gasteiger partial charge in [0, 0.05) is 55.1 Å². The Bertz CT molecular complexity index is 3370. The van der Waals surface area contributed by atoms with Crippen molar-refractivity contribution in [3.05, 3.63) is 167 Å². The zero-order valence-corrected chi connectivity index (χ0v) is 35.3. The molecule has 0 radical (unpaired) electrons. The van der Waals surface area contributed by atoms with E-state index in [4.69, 9.17) is 4.42 Å². The number of rotatable bonds is 3. The fraction of sp³-hybridized carbons (Fsp3) is 0.185. The summed E-state index contributed by atoms with van der Waals surface area (Å²) >= 11 is 1.94. The number of thiophene rings is 1. The maximum Gasteiger partial charge on any atom is 0.334 e. The van der Waals surface area contributed by atoms with Crippen LogP contribution in [0.25, 0.3) is 64.3 Å². The fourth-order valence-electron chi connectivity index (χ4n) is 10.3. The molecular weight excluding hydrogens is 735 g/mol. The van der Waals surface area contributed by atoms with Gasteiger partial charge < -0.3 is 13.8 Å². The van der Waals surface area contributed by atoms with Crippen molar-refractivity contribution in [3.8, 4) is 11.1 Å². The van der Waals surface area contributed by atoms with Crippen LogP contribution >= 0.6 is 11.3 Å². The van der Waals surface area contributed by atoms with Crippen LogP contribution in [0.4, 0.5) is 11.4 Å². The van der Waals surface area contributed by atoms with Crippen molar-refractivity contribution in [1.82, 2.24) is 4.48 Å². The first-order valence-electron chi connectivity index (χ1n) is 21.0. The number of anilines is 2. The lowest BCUT2D eigenvalue weighted by Crippen LogP contribution is -2.56. The number of hydrogen-bond acceptors (Lipinski definition) is 3. The van der Waals surface area contributed by atoms with Gasteiger partial charge in [0.2, 0.25) is 0 Å². The normalized spacial score (nSPS) is 13.9. The van der Waals surface area contributed by atoms with E-state index in [0.717, 1.165) is 24.1 Å². The Morgan fingerprint density at radius 1 is 0.593 bits per heavy atom. The van der Waals surface area contributed by atoms with Crippen LogP contribution in [-0.4, -0.2) is 11.3 Å². The summed E-state index contributed by atoms with van der Waals surface area (Å²) in [6.45, 7) is 14.7. The summed E-state index contributed by atoms with van der Waals surface area (Å²) < 4.78 is 10.8. The standard InChI is InChI=1S/C54H45BN2OS/c1-53(2,3)36-24-23-34(41(29-36)32-15-8-7-9-16-32)31-56-42-25-26-45-48(38-18-10-12-21-44(38)58-45)50(42)55-49-35(28-37(30-43(49)56)54(4,5)6)27-33-17-14-20-40-47-39-19-11-13-22-46(39)59-52(47)57(55)51(33)40/h7-26,28-30H,27,31H2,1-6H3. The molecule has 0 N–H and O–H groups in total. The maximum atomic E-state index is 6.75. The SMILES string of the molecule is CC(C)(C)c1ccc(CN2c3cc(C(C)(C)C)cc4c3B(c3c2ccc2oc5ccccc5c32)n2c3sc5ccccc5c3c3cccc(c32)C4)c(-c2ccccc2)c1. The maximum absolute atomic E-state index is 6.75. The van der Waals surface area contributed by atoms with Gasteiger partial charge in [-0.15, -0.1) is 11.3 Å². The molecular formula is C54H45BN2OS. The molecule has 2 aliphatic rings. The van der Waals surface area contributed by atoms with Gasteiger partial charge in [0.25, 0.3) is 0 Å². The van der Waals surface area contributed by atoms with Gasteiger partial charge >= 0.3 is 6.85 Å². The molecule has 0 bridgehead atoms. The molecule has 2 aliphatic heterocycles. The van der Waals surface area contributed by atoms with Crippen LogP contribution in [0.3, 0.4) is 0 Å². The van der Waals surface area contributed by atoms with Gasteiger partial charge in [-0.3, -0.25) is 0 Å². The van der Waals surface area contributed by atoms with Crippen LogP contribution in [0.1, 0.15) is 69.4 Å². The van der Waals surface area contributed by atoms with E-state index >= 15 is 0 Å². The highest BCUT2D eigenvalue weighted by Gasteiger charge is 2.44. The highest BCUT2D eigenvalue weighted by Crippen LogP contribution is 2.47. The summed E-state index contributed by atoms with van der Waals surface area (Å²) in [5.74, 6) is 0. The molecule has 3 nitrogen and oxygen atoms in total. The van der Waals surface area contributed by atoms with E-state index < -0.39 is 0 Å². The van der Waals surface area contributed by atoms with E-state index in [1.165, 1.54) is 103 Å². The molecule has 0 unspecified atom stereocenters. The quantitative estimate of drug-likeness (QED) is 0.167. The minimum Gasteiger partial charge on any atom is -0.456 e. The number of nitrogens with zero attached hydrogens (tertiary/aromatic N) is 2. The third kappa shape index (κ3) is 5.07. The summed E-state index contributed by atoms with van der Waals surface area (Å²) in [7, 11) is 0. The Morgan fingerprint density at radius 3 is 2.15 bits per heavy atom. The highest BCUT2D eigenvalue weighted by atomic mass is 32.1. The molecule has 5 heteroatoms. The van der Waals surface area contributed by atoms with E-state index in [1.807, 2.05) is 11.3 Å². The number of fused-ring (bicyclic) bond motifs is 12. The van der Waals surface area contributed by atoms with Crippen LogP contribution < -0.4 is 15.8 Å². The minimum absolute atomic E-state index is 0.0222. The van der Waals surface area contributed by atoms with Crippen LogP contribution in [0, 0.1) is 0 Å². The lowest BCUT2D eigenvalue weighted by molar-refractivity contribution is 0.589. The second-order valence-corrected chi connectivity index (χ2v) is 19.9. The molecule has 5 heterocycles. The third-order valence-electron chi connectivity index (χ3n) is 13.3. The lowest BCUT2D eigenvalue weighted by atomic mass is 9.45. The van der Waals surface area contributed by atoms with Gasteiger partial charge in [-0.1, -0.05) is 151 Å². The average Bonchev–Trinajstić information content (AvgIpc) is 3.86. The lowest BCUT2D eigenvalue weighted by Gasteiger charge is -2.39.